The van der Waals surface area contributed by atoms with Crippen LogP contribution in [0.5, 0.6) is 0 Å². The fourth-order valence-electron chi connectivity index (χ4n) is 3.52. The standard InChI is InChI=1S/C23H30ClN3O4S/c1-6-20(23(29)25-4)26(14-18-11-8-7-10-16(18)2)22(28)15-27(32(5,30)31)21-13-9-12-19(24)17(21)3/h7-13,20H,6,14-15H2,1-5H3,(H,25,29). The van der Waals surface area contributed by atoms with Gasteiger partial charge in [-0.05, 0) is 49.1 Å². The summed E-state index contributed by atoms with van der Waals surface area (Å²) < 4.78 is 26.3. The van der Waals surface area contributed by atoms with E-state index in [0.29, 0.717) is 22.7 Å². The molecule has 1 atom stereocenters. The molecule has 174 valence electrons. The Morgan fingerprint density at radius 3 is 2.31 bits per heavy atom. The van der Waals surface area contributed by atoms with Gasteiger partial charge in [-0.2, -0.15) is 0 Å². The summed E-state index contributed by atoms with van der Waals surface area (Å²) in [6, 6.07) is 11.7. The van der Waals surface area contributed by atoms with Gasteiger partial charge in [0.05, 0.1) is 11.9 Å². The van der Waals surface area contributed by atoms with Gasteiger partial charge in [0.1, 0.15) is 12.6 Å². The van der Waals surface area contributed by atoms with Gasteiger partial charge in [0.25, 0.3) is 0 Å². The summed E-state index contributed by atoms with van der Waals surface area (Å²) in [7, 11) is -2.28. The summed E-state index contributed by atoms with van der Waals surface area (Å²) in [6.07, 6.45) is 1.43. The second-order valence-electron chi connectivity index (χ2n) is 7.64. The molecule has 0 aromatic heterocycles. The third-order valence-corrected chi connectivity index (χ3v) is 6.96. The van der Waals surface area contributed by atoms with Crippen LogP contribution in [0.25, 0.3) is 0 Å². The molecule has 0 saturated carbocycles. The number of aryl methyl sites for hydroxylation is 1. The summed E-state index contributed by atoms with van der Waals surface area (Å²) in [5.41, 5.74) is 2.74. The van der Waals surface area contributed by atoms with E-state index in [2.05, 4.69) is 5.32 Å². The first-order chi connectivity index (χ1) is 15.0. The van der Waals surface area contributed by atoms with E-state index >= 15 is 0 Å². The van der Waals surface area contributed by atoms with Gasteiger partial charge in [-0.25, -0.2) is 8.42 Å². The lowest BCUT2D eigenvalue weighted by molar-refractivity contribution is -0.140. The minimum Gasteiger partial charge on any atom is -0.357 e. The molecule has 0 heterocycles. The zero-order chi connectivity index (χ0) is 24.1. The number of carbonyl (C=O) groups excluding carboxylic acids is 2. The zero-order valence-electron chi connectivity index (χ0n) is 19.1. The highest BCUT2D eigenvalue weighted by Crippen LogP contribution is 2.28. The maximum absolute atomic E-state index is 13.5. The molecule has 32 heavy (non-hydrogen) atoms. The van der Waals surface area contributed by atoms with Crippen molar-refractivity contribution in [1.82, 2.24) is 10.2 Å². The number of anilines is 1. The number of amides is 2. The molecule has 0 fully saturated rings. The molecule has 0 spiro atoms. The highest BCUT2D eigenvalue weighted by atomic mass is 35.5. The monoisotopic (exact) mass is 479 g/mol. The van der Waals surface area contributed by atoms with Crippen LogP contribution in [-0.4, -0.2) is 51.0 Å². The summed E-state index contributed by atoms with van der Waals surface area (Å²) in [6.45, 7) is 5.18. The number of benzene rings is 2. The van der Waals surface area contributed by atoms with E-state index in [0.717, 1.165) is 21.7 Å². The lowest BCUT2D eigenvalue weighted by Gasteiger charge is -2.33. The van der Waals surface area contributed by atoms with Crippen LogP contribution in [0.3, 0.4) is 0 Å². The highest BCUT2D eigenvalue weighted by Gasteiger charge is 2.32. The average Bonchev–Trinajstić information content (AvgIpc) is 2.74. The van der Waals surface area contributed by atoms with E-state index in [4.69, 9.17) is 11.6 Å². The topological polar surface area (TPSA) is 86.8 Å². The Kier molecular flexibility index (Phi) is 8.69. The molecule has 0 radical (unpaired) electrons. The van der Waals surface area contributed by atoms with E-state index in [1.807, 2.05) is 38.1 Å². The van der Waals surface area contributed by atoms with E-state index < -0.39 is 28.5 Å². The Labute approximate surface area is 195 Å². The van der Waals surface area contributed by atoms with Crippen LogP contribution >= 0.6 is 11.6 Å². The quantitative estimate of drug-likeness (QED) is 0.598. The largest absolute Gasteiger partial charge is 0.357 e. The SMILES string of the molecule is CCC(C(=O)NC)N(Cc1ccccc1C)C(=O)CN(c1cccc(Cl)c1C)S(C)(=O)=O. The van der Waals surface area contributed by atoms with E-state index in [9.17, 15) is 18.0 Å². The van der Waals surface area contributed by atoms with Crippen molar-refractivity contribution in [3.05, 3.63) is 64.2 Å². The van der Waals surface area contributed by atoms with E-state index in [-0.39, 0.29) is 12.5 Å². The first-order valence-corrected chi connectivity index (χ1v) is 12.5. The van der Waals surface area contributed by atoms with E-state index in [1.165, 1.54) is 11.9 Å². The number of nitrogens with zero attached hydrogens (tertiary/aromatic N) is 2. The summed E-state index contributed by atoms with van der Waals surface area (Å²) >= 11 is 6.20. The molecular weight excluding hydrogens is 450 g/mol. The van der Waals surface area contributed by atoms with Crippen molar-refractivity contribution in [2.45, 2.75) is 39.8 Å². The molecule has 7 nitrogen and oxygen atoms in total. The summed E-state index contributed by atoms with van der Waals surface area (Å²) in [4.78, 5) is 27.5. The van der Waals surface area contributed by atoms with Crippen molar-refractivity contribution in [2.24, 2.45) is 0 Å². The van der Waals surface area contributed by atoms with Gasteiger partial charge in [-0.15, -0.1) is 0 Å². The van der Waals surface area contributed by atoms with Gasteiger partial charge < -0.3 is 10.2 Å². The fourth-order valence-corrected chi connectivity index (χ4v) is 4.59. The molecule has 0 aliphatic heterocycles. The fraction of sp³-hybridized carbons (Fsp3) is 0.391. The third-order valence-electron chi connectivity index (χ3n) is 5.42. The third kappa shape index (κ3) is 6.01. The molecule has 2 aromatic rings. The number of likely N-dealkylation sites (N-methyl/N-ethyl adjacent to an activating group) is 1. The highest BCUT2D eigenvalue weighted by molar-refractivity contribution is 7.92. The van der Waals surface area contributed by atoms with Crippen molar-refractivity contribution in [3.63, 3.8) is 0 Å². The van der Waals surface area contributed by atoms with Crippen LogP contribution in [-0.2, 0) is 26.2 Å². The van der Waals surface area contributed by atoms with Gasteiger partial charge >= 0.3 is 0 Å². The van der Waals surface area contributed by atoms with Gasteiger partial charge in [-0.3, -0.25) is 13.9 Å². The van der Waals surface area contributed by atoms with Crippen LogP contribution in [0, 0.1) is 13.8 Å². The average molecular weight is 480 g/mol. The van der Waals surface area contributed by atoms with Crippen molar-refractivity contribution in [1.29, 1.82) is 0 Å². The normalized spacial score (nSPS) is 12.2. The molecule has 1 unspecified atom stereocenters. The number of carbonyl (C=O) groups is 2. The van der Waals surface area contributed by atoms with Gasteiger partial charge in [0, 0.05) is 18.6 Å². The number of nitrogens with one attached hydrogen (secondary N) is 1. The molecule has 9 heteroatoms. The number of hydrogen-bond donors (Lipinski definition) is 1. The van der Waals surface area contributed by atoms with Crippen molar-refractivity contribution in [2.75, 3.05) is 24.2 Å². The second kappa shape index (κ2) is 10.8. The predicted molar refractivity (Wildman–Crippen MR) is 128 cm³/mol. The molecule has 2 amide bonds. The lowest BCUT2D eigenvalue weighted by atomic mass is 10.1. The lowest BCUT2D eigenvalue weighted by Crippen LogP contribution is -2.51. The number of sulfonamides is 1. The maximum atomic E-state index is 13.5. The second-order valence-corrected chi connectivity index (χ2v) is 9.95. The van der Waals surface area contributed by atoms with Crippen molar-refractivity contribution >= 4 is 39.1 Å². The Hall–Kier alpha value is -2.58. The Bertz CT molecular complexity index is 1090. The molecule has 0 aliphatic carbocycles. The van der Waals surface area contributed by atoms with Gasteiger partial charge in [0.2, 0.25) is 21.8 Å². The predicted octanol–water partition coefficient (Wildman–Crippen LogP) is 3.28. The maximum Gasteiger partial charge on any atom is 0.244 e. The first kappa shape index (κ1) is 25.7. The molecule has 2 rings (SSSR count). The number of hydrogen-bond acceptors (Lipinski definition) is 4. The summed E-state index contributed by atoms with van der Waals surface area (Å²) in [5, 5.41) is 3.00. The van der Waals surface area contributed by atoms with Crippen LogP contribution in [0.15, 0.2) is 42.5 Å². The van der Waals surface area contributed by atoms with Crippen LogP contribution < -0.4 is 9.62 Å². The van der Waals surface area contributed by atoms with Crippen molar-refractivity contribution < 1.29 is 18.0 Å². The molecular formula is C23H30ClN3O4S. The van der Waals surface area contributed by atoms with Gasteiger partial charge in [0.15, 0.2) is 0 Å². The minimum atomic E-state index is -3.80. The molecule has 1 N–H and O–H groups in total. The van der Waals surface area contributed by atoms with E-state index in [1.54, 1.807) is 25.1 Å². The van der Waals surface area contributed by atoms with Crippen LogP contribution in [0.2, 0.25) is 5.02 Å². The minimum absolute atomic E-state index is 0.184. The zero-order valence-corrected chi connectivity index (χ0v) is 20.6. The number of rotatable bonds is 9. The summed E-state index contributed by atoms with van der Waals surface area (Å²) in [5.74, 6) is -0.784. The molecule has 2 aromatic carbocycles. The smallest absolute Gasteiger partial charge is 0.244 e. The molecule has 0 saturated heterocycles. The van der Waals surface area contributed by atoms with Crippen LogP contribution in [0.4, 0.5) is 5.69 Å². The van der Waals surface area contributed by atoms with Crippen molar-refractivity contribution in [3.8, 4) is 0 Å². The Morgan fingerprint density at radius 2 is 1.75 bits per heavy atom. The molecule has 0 bridgehead atoms. The number of halogens is 1. The van der Waals surface area contributed by atoms with Gasteiger partial charge in [-0.1, -0.05) is 48.9 Å². The molecule has 0 aliphatic rings. The Morgan fingerprint density at radius 1 is 1.09 bits per heavy atom. The van der Waals surface area contributed by atoms with Crippen LogP contribution in [0.1, 0.15) is 30.0 Å². The first-order valence-electron chi connectivity index (χ1n) is 10.3. The Balaban J connectivity index is 2.49.